The van der Waals surface area contributed by atoms with Crippen molar-refractivity contribution in [3.05, 3.63) is 30.1 Å². The van der Waals surface area contributed by atoms with Gasteiger partial charge in [0.25, 0.3) is 0 Å². The molecule has 1 aliphatic rings. The Balaban J connectivity index is 1.79. The lowest BCUT2D eigenvalue weighted by atomic mass is 10.1. The van der Waals surface area contributed by atoms with E-state index in [1.54, 1.807) is 0 Å². The lowest BCUT2D eigenvalue weighted by molar-refractivity contribution is 0.108. The molecule has 0 saturated carbocycles. The van der Waals surface area contributed by atoms with Crippen molar-refractivity contribution in [1.82, 2.24) is 10.3 Å². The van der Waals surface area contributed by atoms with Crippen LogP contribution in [0.25, 0.3) is 0 Å². The highest BCUT2D eigenvalue weighted by molar-refractivity contribution is 5.13. The number of hydrogen-bond donors (Lipinski definition) is 1. The number of ether oxygens (including phenoxy) is 1. The van der Waals surface area contributed by atoms with Crippen molar-refractivity contribution >= 4 is 0 Å². The fourth-order valence-electron chi connectivity index (χ4n) is 1.88. The van der Waals surface area contributed by atoms with Gasteiger partial charge < -0.3 is 10.1 Å². The van der Waals surface area contributed by atoms with Crippen molar-refractivity contribution in [2.45, 2.75) is 31.9 Å². The van der Waals surface area contributed by atoms with Gasteiger partial charge in [-0.2, -0.15) is 0 Å². The fraction of sp³-hybridized carbons (Fsp3) is 0.583. The van der Waals surface area contributed by atoms with Crippen LogP contribution in [0.4, 0.5) is 0 Å². The lowest BCUT2D eigenvalue weighted by Gasteiger charge is -2.16. The van der Waals surface area contributed by atoms with Crippen molar-refractivity contribution < 1.29 is 4.74 Å². The van der Waals surface area contributed by atoms with Crippen molar-refractivity contribution in [3.63, 3.8) is 0 Å². The molecule has 0 unspecified atom stereocenters. The standard InChI is InChI=1S/C12H18N2O/c1-10(11-4-6-13-7-5-11)14-9-12-3-2-8-15-12/h4-7,10,12,14H,2-3,8-9H2,1H3/t10-,12-/m0/s1. The molecular weight excluding hydrogens is 188 g/mol. The largest absolute Gasteiger partial charge is 0.377 e. The van der Waals surface area contributed by atoms with E-state index in [0.717, 1.165) is 13.2 Å². The highest BCUT2D eigenvalue weighted by Gasteiger charge is 2.16. The lowest BCUT2D eigenvalue weighted by Crippen LogP contribution is -2.28. The van der Waals surface area contributed by atoms with E-state index >= 15 is 0 Å². The van der Waals surface area contributed by atoms with Crippen molar-refractivity contribution in [2.75, 3.05) is 13.2 Å². The summed E-state index contributed by atoms with van der Waals surface area (Å²) in [5.74, 6) is 0. The third-order valence-corrected chi connectivity index (χ3v) is 2.88. The molecule has 0 amide bonds. The first-order valence-electron chi connectivity index (χ1n) is 5.61. The molecule has 1 aromatic heterocycles. The molecule has 1 aliphatic heterocycles. The Morgan fingerprint density at radius 3 is 3.00 bits per heavy atom. The zero-order valence-electron chi connectivity index (χ0n) is 9.15. The molecule has 2 heterocycles. The van der Waals surface area contributed by atoms with Crippen LogP contribution < -0.4 is 5.32 Å². The van der Waals surface area contributed by atoms with Gasteiger partial charge in [-0.1, -0.05) is 0 Å². The van der Waals surface area contributed by atoms with Crippen LogP contribution in [-0.4, -0.2) is 24.2 Å². The first-order valence-corrected chi connectivity index (χ1v) is 5.61. The minimum absolute atomic E-state index is 0.372. The number of hydrogen-bond acceptors (Lipinski definition) is 3. The summed E-state index contributed by atoms with van der Waals surface area (Å²) >= 11 is 0. The molecule has 0 radical (unpaired) electrons. The number of rotatable bonds is 4. The average molecular weight is 206 g/mol. The van der Waals surface area contributed by atoms with E-state index in [0.29, 0.717) is 12.1 Å². The Bertz CT molecular complexity index is 283. The molecule has 0 aromatic carbocycles. The maximum Gasteiger partial charge on any atom is 0.0700 e. The topological polar surface area (TPSA) is 34.1 Å². The van der Waals surface area contributed by atoms with Crippen molar-refractivity contribution in [2.24, 2.45) is 0 Å². The summed E-state index contributed by atoms with van der Waals surface area (Å²) in [5.41, 5.74) is 1.28. The highest BCUT2D eigenvalue weighted by atomic mass is 16.5. The van der Waals surface area contributed by atoms with E-state index in [2.05, 4.69) is 17.2 Å². The molecule has 0 aliphatic carbocycles. The van der Waals surface area contributed by atoms with Gasteiger partial charge in [0.15, 0.2) is 0 Å². The molecule has 3 heteroatoms. The monoisotopic (exact) mass is 206 g/mol. The second-order valence-corrected chi connectivity index (χ2v) is 4.05. The maximum atomic E-state index is 5.56. The third kappa shape index (κ3) is 3.01. The predicted molar refractivity (Wildman–Crippen MR) is 59.6 cm³/mol. The van der Waals surface area contributed by atoms with Crippen LogP contribution in [0, 0.1) is 0 Å². The smallest absolute Gasteiger partial charge is 0.0700 e. The van der Waals surface area contributed by atoms with Gasteiger partial charge in [0.1, 0.15) is 0 Å². The fourth-order valence-corrected chi connectivity index (χ4v) is 1.88. The predicted octanol–water partition coefficient (Wildman–Crippen LogP) is 1.91. The Kier molecular flexibility index (Phi) is 3.69. The first kappa shape index (κ1) is 10.6. The van der Waals surface area contributed by atoms with E-state index < -0.39 is 0 Å². The quantitative estimate of drug-likeness (QED) is 0.817. The molecular formula is C12H18N2O. The van der Waals surface area contributed by atoms with Gasteiger partial charge in [-0.15, -0.1) is 0 Å². The molecule has 0 spiro atoms. The summed E-state index contributed by atoms with van der Waals surface area (Å²) in [7, 11) is 0. The van der Waals surface area contributed by atoms with Crippen LogP contribution >= 0.6 is 0 Å². The van der Waals surface area contributed by atoms with Crippen molar-refractivity contribution in [3.8, 4) is 0 Å². The van der Waals surface area contributed by atoms with Crippen LogP contribution in [-0.2, 0) is 4.74 Å². The number of nitrogens with zero attached hydrogens (tertiary/aromatic N) is 1. The van der Waals surface area contributed by atoms with E-state index in [1.165, 1.54) is 18.4 Å². The third-order valence-electron chi connectivity index (χ3n) is 2.88. The van der Waals surface area contributed by atoms with E-state index in [9.17, 15) is 0 Å². The molecule has 82 valence electrons. The number of pyridine rings is 1. The van der Waals surface area contributed by atoms with Crippen LogP contribution in [0.15, 0.2) is 24.5 Å². The van der Waals surface area contributed by atoms with Crippen LogP contribution in [0.2, 0.25) is 0 Å². The van der Waals surface area contributed by atoms with Crippen LogP contribution in [0.3, 0.4) is 0 Å². The molecule has 15 heavy (non-hydrogen) atoms. The highest BCUT2D eigenvalue weighted by Crippen LogP contribution is 2.14. The summed E-state index contributed by atoms with van der Waals surface area (Å²) < 4.78 is 5.56. The maximum absolute atomic E-state index is 5.56. The number of nitrogens with one attached hydrogen (secondary N) is 1. The van der Waals surface area contributed by atoms with Gasteiger partial charge >= 0.3 is 0 Å². The second-order valence-electron chi connectivity index (χ2n) is 4.05. The van der Waals surface area contributed by atoms with E-state index in [1.807, 2.05) is 24.5 Å². The molecule has 1 aromatic rings. The Morgan fingerprint density at radius 1 is 1.53 bits per heavy atom. The number of aromatic nitrogens is 1. The van der Waals surface area contributed by atoms with Crippen LogP contribution in [0.1, 0.15) is 31.4 Å². The Morgan fingerprint density at radius 2 is 2.33 bits per heavy atom. The summed E-state index contributed by atoms with van der Waals surface area (Å²) in [6.45, 7) is 4.05. The summed E-state index contributed by atoms with van der Waals surface area (Å²) in [6, 6.07) is 4.47. The molecule has 1 fully saturated rings. The average Bonchev–Trinajstić information content (AvgIpc) is 2.80. The van der Waals surface area contributed by atoms with E-state index in [-0.39, 0.29) is 0 Å². The zero-order chi connectivity index (χ0) is 10.5. The summed E-state index contributed by atoms with van der Waals surface area (Å²) in [4.78, 5) is 4.01. The summed E-state index contributed by atoms with van der Waals surface area (Å²) in [6.07, 6.45) is 6.47. The molecule has 2 rings (SSSR count). The van der Waals surface area contributed by atoms with Gasteiger partial charge in [0.2, 0.25) is 0 Å². The second kappa shape index (κ2) is 5.24. The van der Waals surface area contributed by atoms with Gasteiger partial charge in [-0.3, -0.25) is 4.98 Å². The normalized spacial score (nSPS) is 22.9. The van der Waals surface area contributed by atoms with Gasteiger partial charge in [-0.25, -0.2) is 0 Å². The molecule has 1 saturated heterocycles. The van der Waals surface area contributed by atoms with Gasteiger partial charge in [0.05, 0.1) is 6.10 Å². The molecule has 3 nitrogen and oxygen atoms in total. The Labute approximate surface area is 90.9 Å². The molecule has 2 atom stereocenters. The van der Waals surface area contributed by atoms with E-state index in [4.69, 9.17) is 4.74 Å². The SMILES string of the molecule is C[C@H](NC[C@@H]1CCCO1)c1ccncc1. The molecule has 0 bridgehead atoms. The first-order chi connectivity index (χ1) is 7.36. The summed E-state index contributed by atoms with van der Waals surface area (Å²) in [5, 5.41) is 3.49. The van der Waals surface area contributed by atoms with Crippen LogP contribution in [0.5, 0.6) is 0 Å². The van der Waals surface area contributed by atoms with Gasteiger partial charge in [-0.05, 0) is 37.5 Å². The van der Waals surface area contributed by atoms with Crippen molar-refractivity contribution in [1.29, 1.82) is 0 Å². The minimum Gasteiger partial charge on any atom is -0.377 e. The Hall–Kier alpha value is -0.930. The zero-order valence-corrected chi connectivity index (χ0v) is 9.15. The minimum atomic E-state index is 0.372. The molecule has 1 N–H and O–H groups in total. The van der Waals surface area contributed by atoms with Gasteiger partial charge in [0, 0.05) is 31.6 Å².